The second-order valence-electron chi connectivity index (χ2n) is 3.09. The molecule has 0 bridgehead atoms. The van der Waals surface area contributed by atoms with Gasteiger partial charge in [-0.3, -0.25) is 0 Å². The van der Waals surface area contributed by atoms with Crippen molar-refractivity contribution in [2.24, 2.45) is 0 Å². The quantitative estimate of drug-likeness (QED) is 0.862. The Hall–Kier alpha value is -2.13. The number of hydrogen-bond donors (Lipinski definition) is 1. The van der Waals surface area contributed by atoms with Crippen LogP contribution in [0.3, 0.4) is 0 Å². The first kappa shape index (κ1) is 14.9. The van der Waals surface area contributed by atoms with E-state index in [1.54, 1.807) is 0 Å². The Balaban J connectivity index is 3.44. The SMILES string of the molecule is COc1c(C(F)F)cc(C(=O)O)nc1OC(F)(F)F. The lowest BCUT2D eigenvalue weighted by molar-refractivity contribution is -0.276. The van der Waals surface area contributed by atoms with Gasteiger partial charge in [0, 0.05) is 0 Å². The van der Waals surface area contributed by atoms with Crippen LogP contribution in [0.25, 0.3) is 0 Å². The van der Waals surface area contributed by atoms with Gasteiger partial charge in [0.2, 0.25) is 0 Å². The van der Waals surface area contributed by atoms with Gasteiger partial charge in [0.1, 0.15) is 0 Å². The predicted octanol–water partition coefficient (Wildman–Crippen LogP) is 2.62. The van der Waals surface area contributed by atoms with Crippen molar-refractivity contribution in [3.05, 3.63) is 17.3 Å². The van der Waals surface area contributed by atoms with Gasteiger partial charge in [0.15, 0.2) is 11.4 Å². The summed E-state index contributed by atoms with van der Waals surface area (Å²) in [6.45, 7) is 0. The molecule has 0 aromatic carbocycles. The number of methoxy groups -OCH3 is 1. The lowest BCUT2D eigenvalue weighted by Crippen LogP contribution is -2.20. The van der Waals surface area contributed by atoms with Crippen molar-refractivity contribution in [1.29, 1.82) is 0 Å². The summed E-state index contributed by atoms with van der Waals surface area (Å²) in [4.78, 5) is 13.6. The van der Waals surface area contributed by atoms with Gasteiger partial charge in [-0.2, -0.15) is 0 Å². The zero-order valence-corrected chi connectivity index (χ0v) is 9.16. The molecule has 0 fully saturated rings. The number of alkyl halides is 5. The Morgan fingerprint density at radius 2 is 2.00 bits per heavy atom. The Kier molecular flexibility index (Phi) is 4.12. The van der Waals surface area contributed by atoms with E-state index in [2.05, 4.69) is 14.5 Å². The van der Waals surface area contributed by atoms with Crippen molar-refractivity contribution < 1.29 is 41.3 Å². The molecule has 1 N–H and O–H groups in total. The van der Waals surface area contributed by atoms with Gasteiger partial charge in [-0.05, 0) is 6.07 Å². The van der Waals surface area contributed by atoms with Crippen molar-refractivity contribution >= 4 is 5.97 Å². The van der Waals surface area contributed by atoms with E-state index >= 15 is 0 Å². The molecule has 0 atom stereocenters. The largest absolute Gasteiger partial charge is 0.574 e. The summed E-state index contributed by atoms with van der Waals surface area (Å²) in [7, 11) is 0.826. The van der Waals surface area contributed by atoms with Crippen LogP contribution in [0.15, 0.2) is 6.07 Å². The zero-order chi connectivity index (χ0) is 14.8. The summed E-state index contributed by atoms with van der Waals surface area (Å²) in [5.74, 6) is -4.14. The molecular formula is C9H6F5NO4. The molecule has 0 spiro atoms. The molecule has 106 valence electrons. The molecule has 0 unspecified atom stereocenters. The lowest BCUT2D eigenvalue weighted by Gasteiger charge is -2.15. The van der Waals surface area contributed by atoms with Crippen LogP contribution in [0.2, 0.25) is 0 Å². The fraction of sp³-hybridized carbons (Fsp3) is 0.333. The zero-order valence-electron chi connectivity index (χ0n) is 9.16. The molecule has 1 rings (SSSR count). The van der Waals surface area contributed by atoms with E-state index in [-0.39, 0.29) is 0 Å². The van der Waals surface area contributed by atoms with E-state index in [9.17, 15) is 26.7 Å². The van der Waals surface area contributed by atoms with E-state index in [1.807, 2.05) is 0 Å². The Labute approximate surface area is 102 Å². The van der Waals surface area contributed by atoms with E-state index < -0.39 is 41.6 Å². The first-order valence-electron chi connectivity index (χ1n) is 4.51. The molecule has 1 aromatic heterocycles. The smallest absolute Gasteiger partial charge is 0.491 e. The molecule has 10 heteroatoms. The highest BCUT2D eigenvalue weighted by molar-refractivity contribution is 5.86. The number of rotatable bonds is 4. The van der Waals surface area contributed by atoms with Gasteiger partial charge in [0.25, 0.3) is 12.3 Å². The normalized spacial score (nSPS) is 11.5. The molecule has 0 aliphatic carbocycles. The van der Waals surface area contributed by atoms with Gasteiger partial charge in [-0.15, -0.1) is 13.2 Å². The number of carboxylic acids is 1. The molecule has 19 heavy (non-hydrogen) atoms. The first-order chi connectivity index (χ1) is 8.65. The molecule has 0 saturated heterocycles. The molecule has 0 amide bonds. The molecule has 0 aliphatic rings. The Bertz CT molecular complexity index is 488. The minimum atomic E-state index is -5.23. The van der Waals surface area contributed by atoms with Crippen molar-refractivity contribution in [2.45, 2.75) is 12.8 Å². The number of aromatic carboxylic acids is 1. The second kappa shape index (κ2) is 5.24. The van der Waals surface area contributed by atoms with Crippen LogP contribution in [-0.2, 0) is 0 Å². The lowest BCUT2D eigenvalue weighted by atomic mass is 10.2. The first-order valence-corrected chi connectivity index (χ1v) is 4.51. The fourth-order valence-electron chi connectivity index (χ4n) is 1.18. The van der Waals surface area contributed by atoms with Gasteiger partial charge >= 0.3 is 12.3 Å². The number of pyridine rings is 1. The Morgan fingerprint density at radius 1 is 1.42 bits per heavy atom. The van der Waals surface area contributed by atoms with Crippen LogP contribution in [0.4, 0.5) is 22.0 Å². The van der Waals surface area contributed by atoms with E-state index in [0.717, 1.165) is 7.11 Å². The second-order valence-corrected chi connectivity index (χ2v) is 3.09. The summed E-state index contributed by atoms with van der Waals surface area (Å²) >= 11 is 0. The fourth-order valence-corrected chi connectivity index (χ4v) is 1.18. The number of carbonyl (C=O) groups is 1. The number of carboxylic acid groups (broad SMARTS) is 1. The maximum Gasteiger partial charge on any atom is 0.574 e. The van der Waals surface area contributed by atoms with Crippen LogP contribution in [0.1, 0.15) is 22.5 Å². The minimum Gasteiger partial charge on any atom is -0.491 e. The molecule has 5 nitrogen and oxygen atoms in total. The standard InChI is InChI=1S/C9H6F5NO4/c1-18-5-3(6(10)11)2-4(8(16)17)15-7(5)19-9(12,13)14/h2,6H,1H3,(H,16,17). The van der Waals surface area contributed by atoms with E-state index in [0.29, 0.717) is 6.07 Å². The van der Waals surface area contributed by atoms with Crippen molar-refractivity contribution in [1.82, 2.24) is 4.98 Å². The van der Waals surface area contributed by atoms with Crippen LogP contribution >= 0.6 is 0 Å². The third-order valence-corrected chi connectivity index (χ3v) is 1.84. The number of nitrogens with zero attached hydrogens (tertiary/aromatic N) is 1. The third-order valence-electron chi connectivity index (χ3n) is 1.84. The molecule has 1 aromatic rings. The number of halogens is 5. The highest BCUT2D eigenvalue weighted by Gasteiger charge is 2.35. The average Bonchev–Trinajstić information content (AvgIpc) is 2.25. The van der Waals surface area contributed by atoms with Crippen molar-refractivity contribution in [3.8, 4) is 11.6 Å². The minimum absolute atomic E-state index is 0.412. The highest BCUT2D eigenvalue weighted by atomic mass is 19.4. The van der Waals surface area contributed by atoms with Gasteiger partial charge in [-0.1, -0.05) is 0 Å². The molecule has 0 saturated carbocycles. The van der Waals surface area contributed by atoms with E-state index in [4.69, 9.17) is 5.11 Å². The van der Waals surface area contributed by atoms with Crippen molar-refractivity contribution in [2.75, 3.05) is 7.11 Å². The van der Waals surface area contributed by atoms with Gasteiger partial charge in [-0.25, -0.2) is 18.6 Å². The summed E-state index contributed by atoms with van der Waals surface area (Å²) in [5.41, 5.74) is -2.08. The van der Waals surface area contributed by atoms with Gasteiger partial charge in [0.05, 0.1) is 12.7 Å². The van der Waals surface area contributed by atoms with Crippen LogP contribution < -0.4 is 9.47 Å². The van der Waals surface area contributed by atoms with Gasteiger partial charge < -0.3 is 14.6 Å². The third kappa shape index (κ3) is 3.66. The van der Waals surface area contributed by atoms with Crippen LogP contribution in [-0.4, -0.2) is 29.5 Å². The Morgan fingerprint density at radius 3 is 2.37 bits per heavy atom. The van der Waals surface area contributed by atoms with Crippen LogP contribution in [0.5, 0.6) is 11.6 Å². The summed E-state index contributed by atoms with van der Waals surface area (Å²) in [6.07, 6.45) is -8.48. The number of aromatic nitrogens is 1. The topological polar surface area (TPSA) is 68.7 Å². The molecular weight excluding hydrogens is 281 g/mol. The van der Waals surface area contributed by atoms with E-state index in [1.165, 1.54) is 0 Å². The molecule has 0 aliphatic heterocycles. The highest BCUT2D eigenvalue weighted by Crippen LogP contribution is 2.38. The average molecular weight is 287 g/mol. The molecule has 0 radical (unpaired) electrons. The maximum absolute atomic E-state index is 12.6. The summed E-state index contributed by atoms with van der Waals surface area (Å²) in [5, 5.41) is 8.59. The summed E-state index contributed by atoms with van der Waals surface area (Å²) in [6, 6.07) is 0.412. The monoisotopic (exact) mass is 287 g/mol. The van der Waals surface area contributed by atoms with Crippen LogP contribution in [0, 0.1) is 0 Å². The predicted molar refractivity (Wildman–Crippen MR) is 49.4 cm³/mol. The van der Waals surface area contributed by atoms with Crippen molar-refractivity contribution in [3.63, 3.8) is 0 Å². The number of ether oxygens (including phenoxy) is 2. The summed E-state index contributed by atoms with van der Waals surface area (Å²) < 4.78 is 69.2. The maximum atomic E-state index is 12.6. The number of hydrogen-bond acceptors (Lipinski definition) is 4. The molecule has 1 heterocycles.